The van der Waals surface area contributed by atoms with E-state index in [9.17, 15) is 14.9 Å². The van der Waals surface area contributed by atoms with Crippen LogP contribution in [0.3, 0.4) is 0 Å². The molecule has 0 radical (unpaired) electrons. The first-order valence-corrected chi connectivity index (χ1v) is 10.8. The Hall–Kier alpha value is -2.89. The van der Waals surface area contributed by atoms with E-state index in [1.807, 2.05) is 37.3 Å². The summed E-state index contributed by atoms with van der Waals surface area (Å²) in [5.74, 6) is 0.436. The summed E-state index contributed by atoms with van der Waals surface area (Å²) in [6, 6.07) is 12.9. The minimum Gasteiger partial charge on any atom is -0.366 e. The smallest absolute Gasteiger partial charge is 0.292 e. The lowest BCUT2D eigenvalue weighted by Gasteiger charge is -2.33. The van der Waals surface area contributed by atoms with E-state index < -0.39 is 0 Å². The van der Waals surface area contributed by atoms with Gasteiger partial charge in [0, 0.05) is 37.7 Å². The first-order valence-electron chi connectivity index (χ1n) is 10.8. The zero-order valence-corrected chi connectivity index (χ0v) is 18.1. The van der Waals surface area contributed by atoms with E-state index in [2.05, 4.69) is 17.1 Å². The number of carbonyl (C=O) groups is 1. The summed E-state index contributed by atoms with van der Waals surface area (Å²) in [6.45, 7) is 5.91. The van der Waals surface area contributed by atoms with Gasteiger partial charge < -0.3 is 10.2 Å². The molecule has 6 heteroatoms. The number of nitrogens with one attached hydrogen (secondary N) is 1. The van der Waals surface area contributed by atoms with Crippen LogP contribution in [0.2, 0.25) is 0 Å². The molecule has 2 aromatic rings. The lowest BCUT2D eigenvalue weighted by Crippen LogP contribution is -2.34. The van der Waals surface area contributed by atoms with Gasteiger partial charge in [-0.15, -0.1) is 0 Å². The van der Waals surface area contributed by atoms with Crippen LogP contribution in [0.4, 0.5) is 11.4 Å². The Balaban J connectivity index is 1.89. The van der Waals surface area contributed by atoms with Crippen LogP contribution in [-0.2, 0) is 0 Å². The fraction of sp³-hybridized carbons (Fsp3) is 0.458. The molecule has 1 heterocycles. The fourth-order valence-electron chi connectivity index (χ4n) is 4.49. The molecule has 1 amide bonds. The van der Waals surface area contributed by atoms with E-state index in [0.29, 0.717) is 11.3 Å². The van der Waals surface area contributed by atoms with Crippen LogP contribution in [-0.4, -0.2) is 31.0 Å². The molecule has 0 spiro atoms. The highest BCUT2D eigenvalue weighted by atomic mass is 16.6. The number of hydrogen-bond acceptors (Lipinski definition) is 4. The minimum absolute atomic E-state index is 0.137. The molecule has 0 aliphatic carbocycles. The van der Waals surface area contributed by atoms with Crippen molar-refractivity contribution in [1.82, 2.24) is 5.32 Å². The average molecular weight is 410 g/mol. The summed E-state index contributed by atoms with van der Waals surface area (Å²) in [5.41, 5.74) is 3.13. The van der Waals surface area contributed by atoms with E-state index in [-0.39, 0.29) is 22.4 Å². The summed E-state index contributed by atoms with van der Waals surface area (Å²) in [5, 5.41) is 14.5. The molecule has 3 rings (SSSR count). The molecule has 1 aliphatic rings. The molecule has 1 N–H and O–H groups in total. The average Bonchev–Trinajstić information content (AvgIpc) is 2.78. The number of carbonyl (C=O) groups excluding carboxylic acids is 1. The molecule has 1 saturated heterocycles. The maximum atomic E-state index is 12.3. The topological polar surface area (TPSA) is 75.5 Å². The van der Waals surface area contributed by atoms with Crippen molar-refractivity contribution in [2.75, 3.05) is 25.0 Å². The zero-order chi connectivity index (χ0) is 21.7. The van der Waals surface area contributed by atoms with Crippen LogP contribution in [0.15, 0.2) is 42.5 Å². The lowest BCUT2D eigenvalue weighted by atomic mass is 9.88. The van der Waals surface area contributed by atoms with Gasteiger partial charge in [-0.2, -0.15) is 0 Å². The normalized spacial score (nSPS) is 15.6. The quantitative estimate of drug-likeness (QED) is 0.508. The Morgan fingerprint density at radius 3 is 2.57 bits per heavy atom. The molecule has 1 fully saturated rings. The molecule has 2 aromatic carbocycles. The van der Waals surface area contributed by atoms with Gasteiger partial charge in [0.2, 0.25) is 0 Å². The largest absolute Gasteiger partial charge is 0.366 e. The second-order valence-electron chi connectivity index (χ2n) is 8.11. The first kappa shape index (κ1) is 21.8. The van der Waals surface area contributed by atoms with Crippen molar-refractivity contribution in [2.24, 2.45) is 5.92 Å². The number of piperidine rings is 1. The van der Waals surface area contributed by atoms with Gasteiger partial charge in [0.25, 0.3) is 11.6 Å². The van der Waals surface area contributed by atoms with E-state index in [0.717, 1.165) is 43.0 Å². The van der Waals surface area contributed by atoms with Gasteiger partial charge in [-0.25, -0.2) is 0 Å². The van der Waals surface area contributed by atoms with Gasteiger partial charge in [-0.05, 0) is 42.0 Å². The molecule has 1 atom stereocenters. The van der Waals surface area contributed by atoms with Crippen molar-refractivity contribution in [1.29, 1.82) is 0 Å². The van der Waals surface area contributed by atoms with Gasteiger partial charge in [-0.1, -0.05) is 51.0 Å². The molecular formula is C24H31N3O3. The number of rotatable bonds is 7. The first-order chi connectivity index (χ1) is 14.5. The van der Waals surface area contributed by atoms with Crippen molar-refractivity contribution >= 4 is 17.3 Å². The van der Waals surface area contributed by atoms with Crippen LogP contribution >= 0.6 is 0 Å². The third kappa shape index (κ3) is 4.64. The SMILES string of the molecule is CCCC1CCN(c2ccc(C(C)c3ccccc3C(=O)NC)cc2[N+](=O)[O-])CC1. The van der Waals surface area contributed by atoms with Crippen molar-refractivity contribution in [3.05, 3.63) is 69.3 Å². The summed E-state index contributed by atoms with van der Waals surface area (Å²) in [6.07, 6.45) is 4.59. The second-order valence-corrected chi connectivity index (χ2v) is 8.11. The van der Waals surface area contributed by atoms with Gasteiger partial charge in [0.05, 0.1) is 4.92 Å². The Kier molecular flexibility index (Phi) is 7.08. The van der Waals surface area contributed by atoms with Gasteiger partial charge in [0.15, 0.2) is 0 Å². The van der Waals surface area contributed by atoms with Crippen LogP contribution < -0.4 is 10.2 Å². The summed E-state index contributed by atoms with van der Waals surface area (Å²) >= 11 is 0. The number of nitro groups is 1. The van der Waals surface area contributed by atoms with Crippen LogP contribution in [0.1, 0.15) is 66.9 Å². The van der Waals surface area contributed by atoms with E-state index in [4.69, 9.17) is 0 Å². The molecule has 30 heavy (non-hydrogen) atoms. The Morgan fingerprint density at radius 2 is 1.93 bits per heavy atom. The van der Waals surface area contributed by atoms with Crippen LogP contribution in [0, 0.1) is 16.0 Å². The van der Waals surface area contributed by atoms with Crippen molar-refractivity contribution < 1.29 is 9.72 Å². The number of hydrogen-bond donors (Lipinski definition) is 1. The fourth-order valence-corrected chi connectivity index (χ4v) is 4.49. The predicted molar refractivity (Wildman–Crippen MR) is 120 cm³/mol. The van der Waals surface area contributed by atoms with Gasteiger partial charge >= 0.3 is 0 Å². The van der Waals surface area contributed by atoms with Crippen LogP contribution in [0.5, 0.6) is 0 Å². The van der Waals surface area contributed by atoms with Crippen molar-refractivity contribution in [3.63, 3.8) is 0 Å². The monoisotopic (exact) mass is 409 g/mol. The van der Waals surface area contributed by atoms with E-state index in [1.54, 1.807) is 19.2 Å². The maximum Gasteiger partial charge on any atom is 0.292 e. The second kappa shape index (κ2) is 9.74. The van der Waals surface area contributed by atoms with Gasteiger partial charge in [0.1, 0.15) is 5.69 Å². The number of benzene rings is 2. The Labute approximate surface area is 178 Å². The number of nitrogens with zero attached hydrogens (tertiary/aromatic N) is 2. The molecular weight excluding hydrogens is 378 g/mol. The molecule has 0 bridgehead atoms. The zero-order valence-electron chi connectivity index (χ0n) is 18.1. The Morgan fingerprint density at radius 1 is 1.23 bits per heavy atom. The molecule has 0 saturated carbocycles. The highest BCUT2D eigenvalue weighted by molar-refractivity contribution is 5.95. The van der Waals surface area contributed by atoms with E-state index in [1.165, 1.54) is 12.8 Å². The summed E-state index contributed by atoms with van der Waals surface area (Å²) in [7, 11) is 1.60. The number of amides is 1. The van der Waals surface area contributed by atoms with E-state index >= 15 is 0 Å². The lowest BCUT2D eigenvalue weighted by molar-refractivity contribution is -0.384. The number of anilines is 1. The summed E-state index contributed by atoms with van der Waals surface area (Å²) in [4.78, 5) is 26.0. The maximum absolute atomic E-state index is 12.3. The highest BCUT2D eigenvalue weighted by Crippen LogP contribution is 2.36. The minimum atomic E-state index is -0.283. The molecule has 0 aromatic heterocycles. The van der Waals surface area contributed by atoms with Crippen molar-refractivity contribution in [2.45, 2.75) is 45.4 Å². The van der Waals surface area contributed by atoms with Crippen molar-refractivity contribution in [3.8, 4) is 0 Å². The predicted octanol–water partition coefficient (Wildman–Crippen LogP) is 5.12. The Bertz CT molecular complexity index is 904. The van der Waals surface area contributed by atoms with Crippen LogP contribution in [0.25, 0.3) is 0 Å². The molecule has 160 valence electrons. The molecule has 1 unspecified atom stereocenters. The third-order valence-corrected chi connectivity index (χ3v) is 6.25. The standard InChI is InChI=1S/C24H31N3O3/c1-4-7-18-12-14-26(15-13-18)22-11-10-19(16-23(22)27(29)30)17(2)20-8-5-6-9-21(20)24(28)25-3/h5-6,8-11,16-18H,4,7,12-15H2,1-3H3,(H,25,28). The number of nitro benzene ring substituents is 1. The molecule has 6 nitrogen and oxygen atoms in total. The van der Waals surface area contributed by atoms with Gasteiger partial charge in [-0.3, -0.25) is 14.9 Å². The highest BCUT2D eigenvalue weighted by Gasteiger charge is 2.26. The summed E-state index contributed by atoms with van der Waals surface area (Å²) < 4.78 is 0. The molecule has 1 aliphatic heterocycles. The third-order valence-electron chi connectivity index (χ3n) is 6.25.